The standard InChI is InChI=1S/C15H22N2OS/c1-4-13(10-19-3)17-14(18)9-16-15(17)12-7-5-6-11(2)8-12/h5-8,13,15-16H,4,9-10H2,1-3H3. The monoisotopic (exact) mass is 278 g/mol. The topological polar surface area (TPSA) is 32.3 Å². The number of hydrogen-bond donors (Lipinski definition) is 1. The summed E-state index contributed by atoms with van der Waals surface area (Å²) in [5, 5.41) is 3.34. The summed E-state index contributed by atoms with van der Waals surface area (Å²) in [6.45, 7) is 4.69. The Morgan fingerprint density at radius 1 is 1.53 bits per heavy atom. The second-order valence-corrected chi connectivity index (χ2v) is 5.93. The Labute approximate surface area is 119 Å². The summed E-state index contributed by atoms with van der Waals surface area (Å²) in [7, 11) is 0. The quantitative estimate of drug-likeness (QED) is 0.898. The van der Waals surface area contributed by atoms with Crippen molar-refractivity contribution in [3.63, 3.8) is 0 Å². The Kier molecular flexibility index (Phi) is 4.88. The molecule has 2 atom stereocenters. The van der Waals surface area contributed by atoms with Crippen LogP contribution in [0.4, 0.5) is 0 Å². The molecule has 1 fully saturated rings. The summed E-state index contributed by atoms with van der Waals surface area (Å²) in [4.78, 5) is 14.2. The number of carbonyl (C=O) groups is 1. The lowest BCUT2D eigenvalue weighted by molar-refractivity contribution is -0.130. The zero-order valence-corrected chi connectivity index (χ0v) is 12.7. The summed E-state index contributed by atoms with van der Waals surface area (Å²) in [6, 6.07) is 8.71. The normalized spacial score (nSPS) is 20.9. The number of rotatable bonds is 5. The molecular weight excluding hydrogens is 256 g/mol. The predicted octanol–water partition coefficient (Wildman–Crippen LogP) is 2.57. The van der Waals surface area contributed by atoms with Crippen LogP contribution in [-0.2, 0) is 4.79 Å². The lowest BCUT2D eigenvalue weighted by Gasteiger charge is -2.32. The molecule has 1 aliphatic heterocycles. The summed E-state index contributed by atoms with van der Waals surface area (Å²) in [5.41, 5.74) is 2.42. The van der Waals surface area contributed by atoms with Crippen molar-refractivity contribution in [3.05, 3.63) is 35.4 Å². The Morgan fingerprint density at radius 3 is 2.95 bits per heavy atom. The third-order valence-electron chi connectivity index (χ3n) is 3.59. The summed E-state index contributed by atoms with van der Waals surface area (Å²) < 4.78 is 0. The maximum absolute atomic E-state index is 12.2. The van der Waals surface area contributed by atoms with E-state index in [1.54, 1.807) is 11.8 Å². The molecule has 1 N–H and O–H groups in total. The van der Waals surface area contributed by atoms with Gasteiger partial charge in [-0.1, -0.05) is 36.8 Å². The van der Waals surface area contributed by atoms with E-state index in [4.69, 9.17) is 0 Å². The van der Waals surface area contributed by atoms with Gasteiger partial charge in [0.15, 0.2) is 0 Å². The van der Waals surface area contributed by atoms with Crippen LogP contribution >= 0.6 is 11.8 Å². The van der Waals surface area contributed by atoms with E-state index in [1.165, 1.54) is 11.1 Å². The van der Waals surface area contributed by atoms with Crippen LogP contribution in [-0.4, -0.2) is 35.4 Å². The highest BCUT2D eigenvalue weighted by molar-refractivity contribution is 7.98. The van der Waals surface area contributed by atoms with Crippen LogP contribution in [0.5, 0.6) is 0 Å². The molecule has 1 aliphatic rings. The summed E-state index contributed by atoms with van der Waals surface area (Å²) in [6.07, 6.45) is 3.12. The molecule has 1 aromatic carbocycles. The molecule has 0 aromatic heterocycles. The van der Waals surface area contributed by atoms with Gasteiger partial charge in [-0.25, -0.2) is 0 Å². The van der Waals surface area contributed by atoms with Gasteiger partial charge in [-0.2, -0.15) is 11.8 Å². The Bertz CT molecular complexity index is 450. The van der Waals surface area contributed by atoms with Gasteiger partial charge in [0, 0.05) is 11.8 Å². The SMILES string of the molecule is CCC(CSC)N1C(=O)CNC1c1cccc(C)c1. The summed E-state index contributed by atoms with van der Waals surface area (Å²) >= 11 is 1.80. The van der Waals surface area contributed by atoms with Gasteiger partial charge in [0.05, 0.1) is 6.54 Å². The van der Waals surface area contributed by atoms with Gasteiger partial charge in [0.2, 0.25) is 5.91 Å². The van der Waals surface area contributed by atoms with Gasteiger partial charge in [-0.3, -0.25) is 10.1 Å². The third-order valence-corrected chi connectivity index (χ3v) is 4.31. The van der Waals surface area contributed by atoms with Crippen molar-refractivity contribution in [2.24, 2.45) is 0 Å². The van der Waals surface area contributed by atoms with Crippen LogP contribution in [0.1, 0.15) is 30.6 Å². The highest BCUT2D eigenvalue weighted by Crippen LogP contribution is 2.27. The maximum Gasteiger partial charge on any atom is 0.238 e. The molecule has 0 aliphatic carbocycles. The number of amides is 1. The third kappa shape index (κ3) is 3.12. The predicted molar refractivity (Wildman–Crippen MR) is 81.2 cm³/mol. The number of nitrogens with one attached hydrogen (secondary N) is 1. The first-order chi connectivity index (χ1) is 9.17. The Hall–Kier alpha value is -1.00. The molecule has 0 spiro atoms. The van der Waals surface area contributed by atoms with Crippen molar-refractivity contribution in [1.29, 1.82) is 0 Å². The molecule has 0 radical (unpaired) electrons. The first-order valence-corrected chi connectivity index (χ1v) is 8.16. The van der Waals surface area contributed by atoms with E-state index < -0.39 is 0 Å². The maximum atomic E-state index is 12.2. The molecule has 0 bridgehead atoms. The molecular formula is C15H22N2OS. The van der Waals surface area contributed by atoms with E-state index in [0.717, 1.165) is 12.2 Å². The van der Waals surface area contributed by atoms with Gasteiger partial charge >= 0.3 is 0 Å². The van der Waals surface area contributed by atoms with Crippen molar-refractivity contribution in [2.45, 2.75) is 32.5 Å². The van der Waals surface area contributed by atoms with E-state index in [0.29, 0.717) is 12.6 Å². The van der Waals surface area contributed by atoms with E-state index in [9.17, 15) is 4.79 Å². The molecule has 1 saturated heterocycles. The van der Waals surface area contributed by atoms with Gasteiger partial charge in [0.1, 0.15) is 6.17 Å². The highest BCUT2D eigenvalue weighted by atomic mass is 32.2. The number of benzene rings is 1. The number of nitrogens with zero attached hydrogens (tertiary/aromatic N) is 1. The minimum Gasteiger partial charge on any atom is -0.318 e. The van der Waals surface area contributed by atoms with E-state index in [-0.39, 0.29) is 12.1 Å². The zero-order valence-electron chi connectivity index (χ0n) is 11.8. The first kappa shape index (κ1) is 14.4. The number of thioether (sulfide) groups is 1. The fourth-order valence-corrected chi connectivity index (χ4v) is 3.42. The zero-order chi connectivity index (χ0) is 13.8. The van der Waals surface area contributed by atoms with E-state index >= 15 is 0 Å². The average Bonchev–Trinajstić information content (AvgIpc) is 2.78. The van der Waals surface area contributed by atoms with Gasteiger partial charge in [0.25, 0.3) is 0 Å². The summed E-state index contributed by atoms with van der Waals surface area (Å²) in [5.74, 6) is 1.21. The molecule has 4 heteroatoms. The lowest BCUT2D eigenvalue weighted by Crippen LogP contribution is -2.40. The van der Waals surface area contributed by atoms with Gasteiger partial charge < -0.3 is 4.90 Å². The fourth-order valence-electron chi connectivity index (χ4n) is 2.64. The van der Waals surface area contributed by atoms with Crippen LogP contribution in [0.3, 0.4) is 0 Å². The minimum atomic E-state index is 0.0319. The van der Waals surface area contributed by atoms with Crippen molar-refractivity contribution >= 4 is 17.7 Å². The number of hydrogen-bond acceptors (Lipinski definition) is 3. The molecule has 3 nitrogen and oxygen atoms in total. The molecule has 19 heavy (non-hydrogen) atoms. The molecule has 104 valence electrons. The number of aryl methyl sites for hydroxylation is 1. The highest BCUT2D eigenvalue weighted by Gasteiger charge is 2.35. The van der Waals surface area contributed by atoms with Crippen LogP contribution in [0, 0.1) is 6.92 Å². The number of carbonyl (C=O) groups excluding carboxylic acids is 1. The van der Waals surface area contributed by atoms with E-state index in [1.807, 2.05) is 4.90 Å². The van der Waals surface area contributed by atoms with E-state index in [2.05, 4.69) is 49.7 Å². The lowest BCUT2D eigenvalue weighted by atomic mass is 10.1. The van der Waals surface area contributed by atoms with Gasteiger partial charge in [-0.15, -0.1) is 0 Å². The largest absolute Gasteiger partial charge is 0.318 e. The van der Waals surface area contributed by atoms with Crippen LogP contribution in [0.25, 0.3) is 0 Å². The smallest absolute Gasteiger partial charge is 0.238 e. The Balaban J connectivity index is 2.26. The van der Waals surface area contributed by atoms with Crippen molar-refractivity contribution < 1.29 is 4.79 Å². The second kappa shape index (κ2) is 6.44. The van der Waals surface area contributed by atoms with Crippen molar-refractivity contribution in [2.75, 3.05) is 18.6 Å². The molecule has 1 aromatic rings. The molecule has 1 heterocycles. The second-order valence-electron chi connectivity index (χ2n) is 5.02. The average molecular weight is 278 g/mol. The molecule has 2 unspecified atom stereocenters. The van der Waals surface area contributed by atoms with Crippen LogP contribution < -0.4 is 5.32 Å². The van der Waals surface area contributed by atoms with Crippen LogP contribution in [0.2, 0.25) is 0 Å². The molecule has 1 amide bonds. The molecule has 2 rings (SSSR count). The Morgan fingerprint density at radius 2 is 2.32 bits per heavy atom. The molecule has 0 saturated carbocycles. The van der Waals surface area contributed by atoms with Gasteiger partial charge in [-0.05, 0) is 25.2 Å². The fraction of sp³-hybridized carbons (Fsp3) is 0.533. The van der Waals surface area contributed by atoms with Crippen molar-refractivity contribution in [3.8, 4) is 0 Å². The van der Waals surface area contributed by atoms with Crippen molar-refractivity contribution in [1.82, 2.24) is 10.2 Å². The van der Waals surface area contributed by atoms with Crippen LogP contribution in [0.15, 0.2) is 24.3 Å². The first-order valence-electron chi connectivity index (χ1n) is 6.77. The minimum absolute atomic E-state index is 0.0319.